The Labute approximate surface area is 89.3 Å². The molecule has 1 aromatic heterocycles. The minimum Gasteiger partial charge on any atom is -0.496 e. The molecule has 2 aromatic rings. The maximum Gasteiger partial charge on any atom is 0.123 e. The average Bonchev–Trinajstić information content (AvgIpc) is 2.71. The maximum atomic E-state index is 5.30. The molecule has 0 aliphatic heterocycles. The molecule has 78 valence electrons. The highest BCUT2D eigenvalue weighted by Gasteiger charge is 2.09. The van der Waals surface area contributed by atoms with Gasteiger partial charge in [-0.05, 0) is 31.5 Å². The number of ether oxygens (including phenoxy) is 1. The van der Waals surface area contributed by atoms with Crippen molar-refractivity contribution in [2.24, 2.45) is 0 Å². The van der Waals surface area contributed by atoms with Gasteiger partial charge in [0.2, 0.25) is 0 Å². The number of aryl methyl sites for hydroxylation is 1. The van der Waals surface area contributed by atoms with Crippen LogP contribution in [-0.4, -0.2) is 16.9 Å². The molecule has 15 heavy (non-hydrogen) atoms. The largest absolute Gasteiger partial charge is 0.496 e. The molecule has 0 atom stereocenters. The average molecular weight is 202 g/mol. The summed E-state index contributed by atoms with van der Waals surface area (Å²) in [6.07, 6.45) is 3.72. The highest BCUT2D eigenvalue weighted by atomic mass is 16.5. The summed E-state index contributed by atoms with van der Waals surface area (Å²) in [6.45, 7) is 4.12. The van der Waals surface area contributed by atoms with Gasteiger partial charge in [0, 0.05) is 18.0 Å². The quantitative estimate of drug-likeness (QED) is 0.748. The van der Waals surface area contributed by atoms with E-state index in [-0.39, 0.29) is 0 Å². The van der Waals surface area contributed by atoms with Crippen LogP contribution in [0.15, 0.2) is 30.6 Å². The van der Waals surface area contributed by atoms with E-state index in [9.17, 15) is 0 Å². The summed E-state index contributed by atoms with van der Waals surface area (Å²) in [5.41, 5.74) is 3.40. The van der Waals surface area contributed by atoms with Crippen LogP contribution in [0.25, 0.3) is 5.69 Å². The molecule has 0 bridgehead atoms. The first-order valence-corrected chi connectivity index (χ1v) is 4.88. The third-order valence-electron chi connectivity index (χ3n) is 2.54. The summed E-state index contributed by atoms with van der Waals surface area (Å²) in [5.74, 6) is 0.895. The Balaban J connectivity index is 2.64. The highest BCUT2D eigenvalue weighted by molar-refractivity contribution is 5.53. The molecule has 0 amide bonds. The Hall–Kier alpha value is -1.77. The Morgan fingerprint density at radius 1 is 1.27 bits per heavy atom. The first-order chi connectivity index (χ1) is 7.24. The van der Waals surface area contributed by atoms with Crippen LogP contribution in [-0.2, 0) is 0 Å². The molecule has 0 saturated carbocycles. The molecule has 0 unspecified atom stereocenters. The lowest BCUT2D eigenvalue weighted by Crippen LogP contribution is -2.02. The van der Waals surface area contributed by atoms with Gasteiger partial charge in [-0.25, -0.2) is 4.68 Å². The molecule has 1 aromatic carbocycles. The van der Waals surface area contributed by atoms with Crippen molar-refractivity contribution in [2.45, 2.75) is 13.8 Å². The SMILES string of the molecule is COc1ccc(C)c(-n2cccn2)c1C. The summed E-state index contributed by atoms with van der Waals surface area (Å²) < 4.78 is 7.17. The fraction of sp³-hybridized carbons (Fsp3) is 0.250. The third kappa shape index (κ3) is 1.61. The van der Waals surface area contributed by atoms with Crippen molar-refractivity contribution in [3.8, 4) is 11.4 Å². The van der Waals surface area contributed by atoms with Crippen LogP contribution in [0.2, 0.25) is 0 Å². The minimum atomic E-state index is 0.895. The lowest BCUT2D eigenvalue weighted by Gasteiger charge is -2.13. The number of rotatable bonds is 2. The summed E-state index contributed by atoms with van der Waals surface area (Å²) in [4.78, 5) is 0. The van der Waals surface area contributed by atoms with Gasteiger partial charge in [-0.15, -0.1) is 0 Å². The number of hydrogen-bond donors (Lipinski definition) is 0. The molecule has 0 N–H and O–H groups in total. The van der Waals surface area contributed by atoms with Gasteiger partial charge < -0.3 is 4.74 Å². The molecule has 0 saturated heterocycles. The van der Waals surface area contributed by atoms with E-state index in [1.165, 1.54) is 5.56 Å². The van der Waals surface area contributed by atoms with Gasteiger partial charge in [-0.1, -0.05) is 6.07 Å². The fourth-order valence-corrected chi connectivity index (χ4v) is 1.79. The number of nitrogens with zero attached hydrogens (tertiary/aromatic N) is 2. The maximum absolute atomic E-state index is 5.30. The van der Waals surface area contributed by atoms with Crippen molar-refractivity contribution < 1.29 is 4.74 Å². The Morgan fingerprint density at radius 3 is 2.67 bits per heavy atom. The van der Waals surface area contributed by atoms with E-state index < -0.39 is 0 Å². The van der Waals surface area contributed by atoms with Crippen molar-refractivity contribution >= 4 is 0 Å². The van der Waals surface area contributed by atoms with Crippen LogP contribution >= 0.6 is 0 Å². The number of benzene rings is 1. The first-order valence-electron chi connectivity index (χ1n) is 4.88. The van der Waals surface area contributed by atoms with Crippen molar-refractivity contribution in [2.75, 3.05) is 7.11 Å². The van der Waals surface area contributed by atoms with Gasteiger partial charge in [0.25, 0.3) is 0 Å². The van der Waals surface area contributed by atoms with Crippen LogP contribution in [0, 0.1) is 13.8 Å². The van der Waals surface area contributed by atoms with E-state index in [0.29, 0.717) is 0 Å². The van der Waals surface area contributed by atoms with E-state index in [4.69, 9.17) is 4.74 Å². The summed E-state index contributed by atoms with van der Waals surface area (Å²) >= 11 is 0. The van der Waals surface area contributed by atoms with Gasteiger partial charge in [0.15, 0.2) is 0 Å². The molecule has 1 heterocycles. The summed E-state index contributed by atoms with van der Waals surface area (Å²) in [6, 6.07) is 5.94. The number of aromatic nitrogens is 2. The minimum absolute atomic E-state index is 0.895. The number of hydrogen-bond acceptors (Lipinski definition) is 2. The molecular formula is C12H14N2O. The molecule has 0 aliphatic rings. The zero-order valence-electron chi connectivity index (χ0n) is 9.19. The fourth-order valence-electron chi connectivity index (χ4n) is 1.79. The van der Waals surface area contributed by atoms with Gasteiger partial charge in [-0.3, -0.25) is 0 Å². The third-order valence-corrected chi connectivity index (χ3v) is 2.54. The van der Waals surface area contributed by atoms with Crippen LogP contribution in [0.3, 0.4) is 0 Å². The topological polar surface area (TPSA) is 27.1 Å². The Kier molecular flexibility index (Phi) is 2.46. The molecule has 3 heteroatoms. The molecule has 0 radical (unpaired) electrons. The highest BCUT2D eigenvalue weighted by Crippen LogP contribution is 2.26. The Bertz CT molecular complexity index is 461. The second kappa shape index (κ2) is 3.77. The van der Waals surface area contributed by atoms with Crippen LogP contribution < -0.4 is 4.74 Å². The second-order valence-corrected chi connectivity index (χ2v) is 3.51. The molecule has 0 spiro atoms. The van der Waals surface area contributed by atoms with Crippen molar-refractivity contribution in [1.29, 1.82) is 0 Å². The zero-order chi connectivity index (χ0) is 10.8. The van der Waals surface area contributed by atoms with Gasteiger partial charge in [-0.2, -0.15) is 5.10 Å². The molecular weight excluding hydrogens is 188 g/mol. The number of methoxy groups -OCH3 is 1. The van der Waals surface area contributed by atoms with E-state index in [0.717, 1.165) is 17.0 Å². The monoisotopic (exact) mass is 202 g/mol. The van der Waals surface area contributed by atoms with Gasteiger partial charge in [0.1, 0.15) is 5.75 Å². The lowest BCUT2D eigenvalue weighted by molar-refractivity contribution is 0.411. The predicted octanol–water partition coefficient (Wildman–Crippen LogP) is 2.50. The van der Waals surface area contributed by atoms with E-state index in [1.807, 2.05) is 36.0 Å². The predicted molar refractivity (Wildman–Crippen MR) is 59.6 cm³/mol. The standard InChI is InChI=1S/C12H14N2O/c1-9-5-6-11(15-3)10(2)12(9)14-8-4-7-13-14/h4-8H,1-3H3. The van der Waals surface area contributed by atoms with Crippen molar-refractivity contribution in [3.63, 3.8) is 0 Å². The van der Waals surface area contributed by atoms with Crippen LogP contribution in [0.1, 0.15) is 11.1 Å². The molecule has 0 aliphatic carbocycles. The first kappa shape index (κ1) is 9.77. The van der Waals surface area contributed by atoms with Crippen LogP contribution in [0.4, 0.5) is 0 Å². The van der Waals surface area contributed by atoms with Gasteiger partial charge >= 0.3 is 0 Å². The molecule has 2 rings (SSSR count). The summed E-state index contributed by atoms with van der Waals surface area (Å²) in [5, 5.41) is 4.24. The van der Waals surface area contributed by atoms with Crippen LogP contribution in [0.5, 0.6) is 5.75 Å². The van der Waals surface area contributed by atoms with Gasteiger partial charge in [0.05, 0.1) is 12.8 Å². The smallest absolute Gasteiger partial charge is 0.123 e. The summed E-state index contributed by atoms with van der Waals surface area (Å²) in [7, 11) is 1.69. The normalized spacial score (nSPS) is 10.3. The second-order valence-electron chi connectivity index (χ2n) is 3.51. The van der Waals surface area contributed by atoms with E-state index in [2.05, 4.69) is 12.0 Å². The lowest BCUT2D eigenvalue weighted by atomic mass is 10.1. The molecule has 3 nitrogen and oxygen atoms in total. The van der Waals surface area contributed by atoms with E-state index in [1.54, 1.807) is 13.3 Å². The zero-order valence-corrected chi connectivity index (χ0v) is 9.19. The Morgan fingerprint density at radius 2 is 2.07 bits per heavy atom. The van der Waals surface area contributed by atoms with E-state index >= 15 is 0 Å². The van der Waals surface area contributed by atoms with Crippen molar-refractivity contribution in [3.05, 3.63) is 41.7 Å². The van der Waals surface area contributed by atoms with Crippen molar-refractivity contribution in [1.82, 2.24) is 9.78 Å². The molecule has 0 fully saturated rings.